The van der Waals surface area contributed by atoms with Crippen molar-refractivity contribution in [3.8, 4) is 11.4 Å². The molecule has 31 heavy (non-hydrogen) atoms. The fourth-order valence-corrected chi connectivity index (χ4v) is 3.33. The van der Waals surface area contributed by atoms with Crippen LogP contribution in [0.25, 0.3) is 5.69 Å². The minimum atomic E-state index is -0.497. The van der Waals surface area contributed by atoms with Crippen molar-refractivity contribution in [3.63, 3.8) is 0 Å². The monoisotopic (exact) mass is 421 g/mol. The molecule has 7 heteroatoms. The standard InChI is InChI=1S/C24H27N3O4/c1-15-6-9-20(10-7-15)27-18(4)24(17(3)26-27)25-22(28)14-31-23(29)13-19-12-16(2)8-11-21(19)30-5/h6-12H,13-14H2,1-5H3,(H,25,28). The molecule has 0 aliphatic carbocycles. The predicted molar refractivity (Wildman–Crippen MR) is 119 cm³/mol. The minimum absolute atomic E-state index is 0.0293. The first kappa shape index (κ1) is 22.1. The Hall–Kier alpha value is -3.61. The van der Waals surface area contributed by atoms with E-state index < -0.39 is 11.9 Å². The molecule has 1 aromatic heterocycles. The zero-order valence-corrected chi connectivity index (χ0v) is 18.5. The molecule has 1 N–H and O–H groups in total. The van der Waals surface area contributed by atoms with Gasteiger partial charge in [-0.15, -0.1) is 0 Å². The largest absolute Gasteiger partial charge is 0.496 e. The highest BCUT2D eigenvalue weighted by atomic mass is 16.5. The summed E-state index contributed by atoms with van der Waals surface area (Å²) in [7, 11) is 1.55. The lowest BCUT2D eigenvalue weighted by Gasteiger charge is -2.10. The van der Waals surface area contributed by atoms with Crippen molar-refractivity contribution < 1.29 is 19.1 Å². The number of hydrogen-bond acceptors (Lipinski definition) is 5. The Kier molecular flexibility index (Phi) is 6.74. The summed E-state index contributed by atoms with van der Waals surface area (Å²) in [6.07, 6.45) is 0.0293. The number of amides is 1. The summed E-state index contributed by atoms with van der Waals surface area (Å²) in [5, 5.41) is 7.33. The summed E-state index contributed by atoms with van der Waals surface area (Å²) < 4.78 is 12.2. The number of methoxy groups -OCH3 is 1. The lowest BCUT2D eigenvalue weighted by atomic mass is 10.1. The molecular weight excluding hydrogens is 394 g/mol. The lowest BCUT2D eigenvalue weighted by Crippen LogP contribution is -2.22. The van der Waals surface area contributed by atoms with Crippen LogP contribution >= 0.6 is 0 Å². The Labute approximate surface area is 182 Å². The minimum Gasteiger partial charge on any atom is -0.496 e. The molecule has 162 valence electrons. The average Bonchev–Trinajstić information content (AvgIpc) is 3.01. The fourth-order valence-electron chi connectivity index (χ4n) is 3.33. The molecule has 0 aliphatic heterocycles. The van der Waals surface area contributed by atoms with Crippen LogP contribution in [0.5, 0.6) is 5.75 Å². The Balaban J connectivity index is 1.62. The predicted octanol–water partition coefficient (Wildman–Crippen LogP) is 3.84. The summed E-state index contributed by atoms with van der Waals surface area (Å²) in [6, 6.07) is 13.5. The SMILES string of the molecule is COc1ccc(C)cc1CC(=O)OCC(=O)Nc1c(C)nn(-c2ccc(C)cc2)c1C. The van der Waals surface area contributed by atoms with Gasteiger partial charge in [0.2, 0.25) is 0 Å². The van der Waals surface area contributed by atoms with Crippen LogP contribution in [0.1, 0.15) is 28.1 Å². The van der Waals surface area contributed by atoms with Gasteiger partial charge in [0.15, 0.2) is 6.61 Å². The first-order valence-electron chi connectivity index (χ1n) is 10.0. The maximum absolute atomic E-state index is 12.4. The molecule has 3 rings (SSSR count). The van der Waals surface area contributed by atoms with Gasteiger partial charge >= 0.3 is 5.97 Å². The number of ether oxygens (including phenoxy) is 2. The highest BCUT2D eigenvalue weighted by molar-refractivity contribution is 5.94. The lowest BCUT2D eigenvalue weighted by molar-refractivity contribution is -0.146. The van der Waals surface area contributed by atoms with Crippen molar-refractivity contribution >= 4 is 17.6 Å². The second-order valence-electron chi connectivity index (χ2n) is 7.49. The van der Waals surface area contributed by atoms with E-state index in [0.717, 1.165) is 28.1 Å². The molecule has 1 amide bonds. The molecule has 0 spiro atoms. The van der Waals surface area contributed by atoms with Gasteiger partial charge in [-0.05, 0) is 45.9 Å². The van der Waals surface area contributed by atoms with Crippen molar-refractivity contribution in [2.24, 2.45) is 0 Å². The number of anilines is 1. The van der Waals surface area contributed by atoms with E-state index >= 15 is 0 Å². The van der Waals surface area contributed by atoms with Gasteiger partial charge in [-0.2, -0.15) is 5.10 Å². The van der Waals surface area contributed by atoms with E-state index in [1.54, 1.807) is 11.8 Å². The Morgan fingerprint density at radius 3 is 2.35 bits per heavy atom. The molecular formula is C24H27N3O4. The Morgan fingerprint density at radius 2 is 1.68 bits per heavy atom. The molecule has 7 nitrogen and oxygen atoms in total. The molecule has 0 saturated carbocycles. The zero-order valence-electron chi connectivity index (χ0n) is 18.5. The van der Waals surface area contributed by atoms with Gasteiger partial charge in [-0.3, -0.25) is 9.59 Å². The van der Waals surface area contributed by atoms with Crippen LogP contribution < -0.4 is 10.1 Å². The van der Waals surface area contributed by atoms with Gasteiger partial charge in [0.05, 0.1) is 36.3 Å². The number of nitrogens with zero attached hydrogens (tertiary/aromatic N) is 2. The van der Waals surface area contributed by atoms with Crippen molar-refractivity contribution in [3.05, 3.63) is 70.5 Å². The van der Waals surface area contributed by atoms with Crippen molar-refractivity contribution in [2.75, 3.05) is 19.0 Å². The van der Waals surface area contributed by atoms with E-state index in [9.17, 15) is 9.59 Å². The second kappa shape index (κ2) is 9.47. The summed E-state index contributed by atoms with van der Waals surface area (Å²) in [4.78, 5) is 24.6. The van der Waals surface area contributed by atoms with Crippen LogP contribution in [0.4, 0.5) is 5.69 Å². The molecule has 0 saturated heterocycles. The van der Waals surface area contributed by atoms with Crippen LogP contribution in [-0.4, -0.2) is 35.4 Å². The van der Waals surface area contributed by atoms with Crippen LogP contribution in [-0.2, 0) is 20.7 Å². The second-order valence-corrected chi connectivity index (χ2v) is 7.49. The third-order valence-electron chi connectivity index (χ3n) is 4.97. The molecule has 0 atom stereocenters. The van der Waals surface area contributed by atoms with Gasteiger partial charge in [0, 0.05) is 5.56 Å². The molecule has 0 aliphatic rings. The number of carbonyl (C=O) groups excluding carboxylic acids is 2. The third kappa shape index (κ3) is 5.31. The quantitative estimate of drug-likeness (QED) is 0.586. The Morgan fingerprint density at radius 1 is 1.00 bits per heavy atom. The zero-order chi connectivity index (χ0) is 22.5. The number of benzene rings is 2. The molecule has 0 unspecified atom stereocenters. The number of carbonyl (C=O) groups is 2. The Bertz CT molecular complexity index is 1100. The maximum atomic E-state index is 12.4. The van der Waals surface area contributed by atoms with Crippen molar-refractivity contribution in [1.29, 1.82) is 0 Å². The van der Waals surface area contributed by atoms with E-state index in [1.807, 2.05) is 70.2 Å². The van der Waals surface area contributed by atoms with Gasteiger partial charge < -0.3 is 14.8 Å². The van der Waals surface area contributed by atoms with E-state index in [1.165, 1.54) is 0 Å². The summed E-state index contributed by atoms with van der Waals surface area (Å²) in [6.45, 7) is 7.28. The van der Waals surface area contributed by atoms with E-state index in [0.29, 0.717) is 17.1 Å². The molecule has 0 fully saturated rings. The third-order valence-corrected chi connectivity index (χ3v) is 4.97. The first-order chi connectivity index (χ1) is 14.8. The van der Waals surface area contributed by atoms with Gasteiger partial charge in [-0.1, -0.05) is 35.4 Å². The van der Waals surface area contributed by atoms with Crippen LogP contribution in [0.2, 0.25) is 0 Å². The summed E-state index contributed by atoms with van der Waals surface area (Å²) >= 11 is 0. The molecule has 0 radical (unpaired) electrons. The van der Waals surface area contributed by atoms with Gasteiger partial charge in [0.25, 0.3) is 5.91 Å². The highest BCUT2D eigenvalue weighted by Crippen LogP contribution is 2.23. The number of nitrogens with one attached hydrogen (secondary N) is 1. The van der Waals surface area contributed by atoms with Crippen molar-refractivity contribution in [2.45, 2.75) is 34.1 Å². The highest BCUT2D eigenvalue weighted by Gasteiger charge is 2.17. The smallest absolute Gasteiger partial charge is 0.310 e. The number of aryl methyl sites for hydroxylation is 3. The fraction of sp³-hybridized carbons (Fsp3) is 0.292. The van der Waals surface area contributed by atoms with E-state index in [4.69, 9.17) is 9.47 Å². The van der Waals surface area contributed by atoms with Gasteiger partial charge in [0.1, 0.15) is 5.75 Å². The number of aromatic nitrogens is 2. The number of hydrogen-bond donors (Lipinski definition) is 1. The summed E-state index contributed by atoms with van der Waals surface area (Å²) in [5.74, 6) is -0.302. The summed E-state index contributed by atoms with van der Waals surface area (Å²) in [5.41, 5.74) is 5.89. The van der Waals surface area contributed by atoms with E-state index in [2.05, 4.69) is 10.4 Å². The molecule has 0 bridgehead atoms. The van der Waals surface area contributed by atoms with E-state index in [-0.39, 0.29) is 13.0 Å². The average molecular weight is 421 g/mol. The molecule has 2 aromatic carbocycles. The van der Waals surface area contributed by atoms with Crippen LogP contribution in [0, 0.1) is 27.7 Å². The molecule has 1 heterocycles. The number of rotatable bonds is 7. The number of esters is 1. The first-order valence-corrected chi connectivity index (χ1v) is 10.0. The topological polar surface area (TPSA) is 82.4 Å². The van der Waals surface area contributed by atoms with Crippen molar-refractivity contribution in [1.82, 2.24) is 9.78 Å². The normalized spacial score (nSPS) is 10.6. The van der Waals surface area contributed by atoms with Crippen LogP contribution in [0.3, 0.4) is 0 Å². The van der Waals surface area contributed by atoms with Crippen LogP contribution in [0.15, 0.2) is 42.5 Å². The van der Waals surface area contributed by atoms with Gasteiger partial charge in [-0.25, -0.2) is 4.68 Å². The molecule has 3 aromatic rings. The maximum Gasteiger partial charge on any atom is 0.310 e.